The molecular weight excluding hydrogens is 293 g/mol. The second kappa shape index (κ2) is 4.92. The van der Waals surface area contributed by atoms with Gasteiger partial charge in [-0.05, 0) is 40.5 Å². The van der Waals surface area contributed by atoms with Crippen molar-refractivity contribution in [2.24, 2.45) is 0 Å². The minimum atomic E-state index is -0.466. The van der Waals surface area contributed by atoms with Gasteiger partial charge in [0.25, 0.3) is 0 Å². The van der Waals surface area contributed by atoms with Gasteiger partial charge in [0.05, 0.1) is 31.0 Å². The molecule has 0 aromatic heterocycles. The molecule has 1 aromatic carbocycles. The number of aryl methyl sites for hydroxylation is 1. The highest BCUT2D eigenvalue weighted by Gasteiger charge is 2.26. The van der Waals surface area contributed by atoms with Crippen LogP contribution in [-0.4, -0.2) is 30.5 Å². The molecule has 1 aliphatic rings. The first-order valence-electron chi connectivity index (χ1n) is 5.06. The second-order valence-corrected chi connectivity index (χ2v) is 5.20. The predicted octanol–water partition coefficient (Wildman–Crippen LogP) is 2.58. The molecule has 0 aliphatic carbocycles. The van der Waals surface area contributed by atoms with Crippen molar-refractivity contribution in [1.29, 1.82) is 0 Å². The van der Waals surface area contributed by atoms with Crippen LogP contribution in [0.5, 0.6) is 0 Å². The largest absolute Gasteiger partial charge is 0.388 e. The van der Waals surface area contributed by atoms with E-state index < -0.39 is 6.10 Å². The van der Waals surface area contributed by atoms with E-state index in [-0.39, 0.29) is 6.04 Å². The number of hydrogen-bond acceptors (Lipinski definition) is 3. The average molecular weight is 307 g/mol. The van der Waals surface area contributed by atoms with Gasteiger partial charge in [-0.15, -0.1) is 0 Å². The van der Waals surface area contributed by atoms with Crippen LogP contribution >= 0.6 is 27.5 Å². The maximum Gasteiger partial charge on any atom is 0.0996 e. The van der Waals surface area contributed by atoms with E-state index in [0.717, 1.165) is 15.7 Å². The first-order chi connectivity index (χ1) is 7.58. The molecule has 0 saturated carbocycles. The molecule has 0 radical (unpaired) electrons. The Labute approximate surface area is 108 Å². The summed E-state index contributed by atoms with van der Waals surface area (Å²) in [6.45, 7) is 2.85. The fraction of sp³-hybridized carbons (Fsp3) is 0.455. The van der Waals surface area contributed by atoms with Crippen molar-refractivity contribution in [1.82, 2.24) is 0 Å². The Kier molecular flexibility index (Phi) is 3.74. The van der Waals surface area contributed by atoms with Crippen molar-refractivity contribution in [3.63, 3.8) is 0 Å². The number of hydrogen-bond donors (Lipinski definition) is 2. The van der Waals surface area contributed by atoms with E-state index in [1.165, 1.54) is 0 Å². The summed E-state index contributed by atoms with van der Waals surface area (Å²) in [5, 5.41) is 13.6. The molecule has 3 nitrogen and oxygen atoms in total. The van der Waals surface area contributed by atoms with Gasteiger partial charge >= 0.3 is 0 Å². The van der Waals surface area contributed by atoms with E-state index >= 15 is 0 Å². The molecule has 2 atom stereocenters. The van der Waals surface area contributed by atoms with E-state index in [4.69, 9.17) is 16.3 Å². The van der Waals surface area contributed by atoms with Gasteiger partial charge in [0, 0.05) is 9.50 Å². The molecule has 1 heterocycles. The van der Waals surface area contributed by atoms with E-state index in [9.17, 15) is 5.11 Å². The normalized spacial score (nSPS) is 24.8. The van der Waals surface area contributed by atoms with Gasteiger partial charge in [-0.3, -0.25) is 0 Å². The third kappa shape index (κ3) is 2.51. The van der Waals surface area contributed by atoms with Crippen LogP contribution in [-0.2, 0) is 4.74 Å². The minimum Gasteiger partial charge on any atom is -0.388 e. The van der Waals surface area contributed by atoms with E-state index in [1.54, 1.807) is 0 Å². The lowest BCUT2D eigenvalue weighted by atomic mass is 10.2. The Hall–Kier alpha value is -0.290. The molecule has 16 heavy (non-hydrogen) atoms. The number of halogens is 2. The van der Waals surface area contributed by atoms with Crippen molar-refractivity contribution in [2.75, 3.05) is 18.5 Å². The van der Waals surface area contributed by atoms with E-state index in [0.29, 0.717) is 18.2 Å². The predicted molar refractivity (Wildman–Crippen MR) is 68.1 cm³/mol. The van der Waals surface area contributed by atoms with Crippen LogP contribution in [0.3, 0.4) is 0 Å². The molecule has 5 heteroatoms. The third-order valence-corrected chi connectivity index (χ3v) is 3.70. The molecule has 1 aromatic rings. The summed E-state index contributed by atoms with van der Waals surface area (Å²) in [7, 11) is 0. The van der Waals surface area contributed by atoms with Crippen LogP contribution in [0.4, 0.5) is 5.69 Å². The van der Waals surface area contributed by atoms with Crippen LogP contribution in [0.1, 0.15) is 5.56 Å². The molecule has 0 amide bonds. The van der Waals surface area contributed by atoms with Gasteiger partial charge in [-0.2, -0.15) is 0 Å². The standard InChI is InChI=1S/C11H13BrClNO2/c1-6-2-7(12)9(3-8(6)13)14-10-4-16-5-11(10)15/h2-3,10-11,14-15H,4-5H2,1H3. The number of rotatable bonds is 2. The number of nitrogens with one attached hydrogen (secondary N) is 1. The number of anilines is 1. The summed E-state index contributed by atoms with van der Waals surface area (Å²) < 4.78 is 6.11. The van der Waals surface area contributed by atoms with E-state index in [1.807, 2.05) is 19.1 Å². The third-order valence-electron chi connectivity index (χ3n) is 2.64. The summed E-state index contributed by atoms with van der Waals surface area (Å²) >= 11 is 9.52. The van der Waals surface area contributed by atoms with Gasteiger partial charge in [-0.25, -0.2) is 0 Å². The Morgan fingerprint density at radius 1 is 1.50 bits per heavy atom. The topological polar surface area (TPSA) is 41.5 Å². The van der Waals surface area contributed by atoms with Gasteiger partial charge < -0.3 is 15.2 Å². The quantitative estimate of drug-likeness (QED) is 0.882. The van der Waals surface area contributed by atoms with Gasteiger partial charge in [-0.1, -0.05) is 11.6 Å². The van der Waals surface area contributed by atoms with Crippen LogP contribution in [0.15, 0.2) is 16.6 Å². The SMILES string of the molecule is Cc1cc(Br)c(NC2COCC2O)cc1Cl. The Morgan fingerprint density at radius 2 is 2.25 bits per heavy atom. The molecule has 1 fully saturated rings. The van der Waals surface area contributed by atoms with Crippen molar-refractivity contribution in [2.45, 2.75) is 19.1 Å². The molecule has 0 spiro atoms. The highest BCUT2D eigenvalue weighted by Crippen LogP contribution is 2.30. The smallest absolute Gasteiger partial charge is 0.0996 e. The van der Waals surface area contributed by atoms with Crippen LogP contribution in [0.2, 0.25) is 5.02 Å². The molecule has 1 saturated heterocycles. The zero-order valence-electron chi connectivity index (χ0n) is 8.84. The van der Waals surface area contributed by atoms with Crippen LogP contribution in [0.25, 0.3) is 0 Å². The molecule has 2 unspecified atom stereocenters. The maximum atomic E-state index is 9.63. The summed E-state index contributed by atoms with van der Waals surface area (Å²) in [6, 6.07) is 3.73. The highest BCUT2D eigenvalue weighted by atomic mass is 79.9. The second-order valence-electron chi connectivity index (χ2n) is 3.94. The minimum absolute atomic E-state index is 0.0740. The van der Waals surface area contributed by atoms with Crippen LogP contribution in [0, 0.1) is 6.92 Å². The number of ether oxygens (including phenoxy) is 1. The number of aliphatic hydroxyl groups excluding tert-OH is 1. The lowest BCUT2D eigenvalue weighted by Gasteiger charge is -2.17. The van der Waals surface area contributed by atoms with Crippen molar-refractivity contribution < 1.29 is 9.84 Å². The zero-order chi connectivity index (χ0) is 11.7. The summed E-state index contributed by atoms with van der Waals surface area (Å²) in [5.41, 5.74) is 1.90. The summed E-state index contributed by atoms with van der Waals surface area (Å²) in [5.74, 6) is 0. The Balaban J connectivity index is 2.18. The van der Waals surface area contributed by atoms with Crippen molar-refractivity contribution in [3.05, 3.63) is 27.2 Å². The molecule has 1 aliphatic heterocycles. The van der Waals surface area contributed by atoms with E-state index in [2.05, 4.69) is 21.2 Å². The summed E-state index contributed by atoms with van der Waals surface area (Å²) in [6.07, 6.45) is -0.466. The molecular formula is C11H13BrClNO2. The Bertz CT molecular complexity index is 400. The summed E-state index contributed by atoms with van der Waals surface area (Å²) in [4.78, 5) is 0. The maximum absolute atomic E-state index is 9.63. The zero-order valence-corrected chi connectivity index (χ0v) is 11.2. The van der Waals surface area contributed by atoms with Gasteiger partial charge in [0.15, 0.2) is 0 Å². The molecule has 0 bridgehead atoms. The fourth-order valence-corrected chi connectivity index (χ4v) is 2.37. The Morgan fingerprint density at radius 3 is 2.88 bits per heavy atom. The average Bonchev–Trinajstić information content (AvgIpc) is 2.61. The molecule has 2 rings (SSSR count). The highest BCUT2D eigenvalue weighted by molar-refractivity contribution is 9.10. The first kappa shape index (κ1) is 12.2. The van der Waals surface area contributed by atoms with Crippen LogP contribution < -0.4 is 5.32 Å². The van der Waals surface area contributed by atoms with Gasteiger partial charge in [0.2, 0.25) is 0 Å². The van der Waals surface area contributed by atoms with Crippen molar-refractivity contribution in [3.8, 4) is 0 Å². The first-order valence-corrected chi connectivity index (χ1v) is 6.23. The molecule has 2 N–H and O–H groups in total. The lowest BCUT2D eigenvalue weighted by Crippen LogP contribution is -2.31. The van der Waals surface area contributed by atoms with Crippen molar-refractivity contribution >= 4 is 33.2 Å². The number of benzene rings is 1. The monoisotopic (exact) mass is 305 g/mol. The molecule has 88 valence electrons. The van der Waals surface area contributed by atoms with Gasteiger partial charge in [0.1, 0.15) is 0 Å². The lowest BCUT2D eigenvalue weighted by molar-refractivity contribution is 0.125. The fourth-order valence-electron chi connectivity index (χ4n) is 1.64. The number of aliphatic hydroxyl groups is 1.